The third-order valence-electron chi connectivity index (χ3n) is 2.42. The van der Waals surface area contributed by atoms with Crippen molar-refractivity contribution in [3.05, 3.63) is 24.3 Å². The van der Waals surface area contributed by atoms with Gasteiger partial charge in [0.25, 0.3) is 0 Å². The Labute approximate surface area is 94.6 Å². The van der Waals surface area contributed by atoms with Crippen LogP contribution in [0.4, 0.5) is 0 Å². The van der Waals surface area contributed by atoms with Gasteiger partial charge in [-0.05, 0) is 29.8 Å². The molecule has 84 valence electrons. The molecule has 1 aromatic rings. The van der Waals surface area contributed by atoms with Gasteiger partial charge in [-0.1, -0.05) is 46.7 Å². The third-order valence-corrected chi connectivity index (χ3v) is 5.43. The molecule has 1 rings (SSSR count). The molecule has 1 nitrogen and oxygen atoms in total. The lowest BCUT2D eigenvalue weighted by molar-refractivity contribution is 0.415. The van der Waals surface area contributed by atoms with Gasteiger partial charge in [0, 0.05) is 0 Å². The minimum atomic E-state index is 0.0711. The molecule has 0 aromatic heterocycles. The highest BCUT2D eigenvalue weighted by molar-refractivity contribution is 7.65. The van der Waals surface area contributed by atoms with Crippen LogP contribution in [0.2, 0.25) is 0 Å². The SMILES string of the molecule is CCCP(CCC)c1ccc(OC)cc1. The summed E-state index contributed by atoms with van der Waals surface area (Å²) in [4.78, 5) is 0. The number of hydrogen-bond acceptors (Lipinski definition) is 1. The van der Waals surface area contributed by atoms with E-state index in [4.69, 9.17) is 4.74 Å². The molecule has 1 aromatic carbocycles. The van der Waals surface area contributed by atoms with E-state index in [0.29, 0.717) is 0 Å². The summed E-state index contributed by atoms with van der Waals surface area (Å²) in [6, 6.07) is 8.62. The largest absolute Gasteiger partial charge is 0.497 e. The second kappa shape index (κ2) is 6.85. The predicted octanol–water partition coefficient (Wildman–Crippen LogP) is 3.62. The molecular formula is C13H21OP. The summed E-state index contributed by atoms with van der Waals surface area (Å²) < 4.78 is 5.18. The lowest BCUT2D eigenvalue weighted by Crippen LogP contribution is -2.05. The van der Waals surface area contributed by atoms with Crippen LogP contribution in [-0.4, -0.2) is 19.4 Å². The molecule has 0 bridgehead atoms. The second-order valence-electron chi connectivity index (χ2n) is 3.69. The van der Waals surface area contributed by atoms with Crippen LogP contribution in [0.1, 0.15) is 26.7 Å². The standard InChI is InChI=1S/C13H21OP/c1-4-10-15(11-5-2)13-8-6-12(14-3)7-9-13/h6-9H,4-5,10-11H2,1-3H3. The zero-order valence-corrected chi connectivity index (χ0v) is 10.9. The fourth-order valence-electron chi connectivity index (χ4n) is 1.70. The summed E-state index contributed by atoms with van der Waals surface area (Å²) in [5.74, 6) is 0.960. The van der Waals surface area contributed by atoms with Crippen molar-refractivity contribution >= 4 is 13.2 Å². The average molecular weight is 224 g/mol. The van der Waals surface area contributed by atoms with Crippen molar-refractivity contribution in [1.29, 1.82) is 0 Å². The van der Waals surface area contributed by atoms with Gasteiger partial charge in [-0.25, -0.2) is 0 Å². The summed E-state index contributed by atoms with van der Waals surface area (Å²) in [5.41, 5.74) is 0. The first kappa shape index (κ1) is 12.5. The molecule has 0 unspecified atom stereocenters. The van der Waals surface area contributed by atoms with Crippen LogP contribution in [0.15, 0.2) is 24.3 Å². The Kier molecular flexibility index (Phi) is 5.71. The average Bonchev–Trinajstić information content (AvgIpc) is 2.29. The second-order valence-corrected chi connectivity index (χ2v) is 6.18. The first-order valence-electron chi connectivity index (χ1n) is 5.70. The van der Waals surface area contributed by atoms with E-state index in [-0.39, 0.29) is 7.92 Å². The topological polar surface area (TPSA) is 9.23 Å². The Bertz CT molecular complexity index is 262. The van der Waals surface area contributed by atoms with Crippen molar-refractivity contribution in [2.75, 3.05) is 19.4 Å². The van der Waals surface area contributed by atoms with Gasteiger partial charge >= 0.3 is 0 Å². The number of rotatable bonds is 6. The zero-order chi connectivity index (χ0) is 11.1. The van der Waals surface area contributed by atoms with Crippen molar-refractivity contribution in [2.45, 2.75) is 26.7 Å². The van der Waals surface area contributed by atoms with Gasteiger partial charge in [-0.2, -0.15) is 0 Å². The summed E-state index contributed by atoms with van der Waals surface area (Å²) in [6.45, 7) is 4.54. The Hall–Kier alpha value is -0.550. The summed E-state index contributed by atoms with van der Waals surface area (Å²) in [7, 11) is 1.79. The van der Waals surface area contributed by atoms with Gasteiger partial charge in [0.2, 0.25) is 0 Å². The van der Waals surface area contributed by atoms with E-state index in [9.17, 15) is 0 Å². The van der Waals surface area contributed by atoms with Crippen LogP contribution >= 0.6 is 7.92 Å². The van der Waals surface area contributed by atoms with E-state index in [1.165, 1.54) is 30.5 Å². The maximum Gasteiger partial charge on any atom is 0.118 e. The molecule has 0 N–H and O–H groups in total. The van der Waals surface area contributed by atoms with Crippen LogP contribution in [0.25, 0.3) is 0 Å². The maximum absolute atomic E-state index is 5.18. The third kappa shape index (κ3) is 3.83. The molecule has 2 heteroatoms. The molecule has 0 saturated carbocycles. The zero-order valence-electron chi connectivity index (χ0n) is 9.99. The van der Waals surface area contributed by atoms with Gasteiger partial charge < -0.3 is 4.74 Å². The van der Waals surface area contributed by atoms with E-state index in [1.807, 2.05) is 0 Å². The van der Waals surface area contributed by atoms with Crippen LogP contribution in [0.3, 0.4) is 0 Å². The highest BCUT2D eigenvalue weighted by Gasteiger charge is 2.08. The van der Waals surface area contributed by atoms with Crippen molar-refractivity contribution < 1.29 is 4.74 Å². The lowest BCUT2D eigenvalue weighted by atomic mass is 10.3. The lowest BCUT2D eigenvalue weighted by Gasteiger charge is -2.16. The monoisotopic (exact) mass is 224 g/mol. The first-order valence-corrected chi connectivity index (χ1v) is 7.42. The number of hydrogen-bond donors (Lipinski definition) is 0. The number of ether oxygens (including phenoxy) is 1. The quantitative estimate of drug-likeness (QED) is 0.670. The van der Waals surface area contributed by atoms with Crippen LogP contribution < -0.4 is 10.0 Å². The van der Waals surface area contributed by atoms with Crippen LogP contribution in [-0.2, 0) is 0 Å². The van der Waals surface area contributed by atoms with E-state index in [2.05, 4.69) is 38.1 Å². The Morgan fingerprint density at radius 1 is 1.00 bits per heavy atom. The molecule has 15 heavy (non-hydrogen) atoms. The highest BCUT2D eigenvalue weighted by Crippen LogP contribution is 2.36. The van der Waals surface area contributed by atoms with E-state index in [1.54, 1.807) is 7.11 Å². The molecule has 0 aliphatic heterocycles. The first-order chi connectivity index (χ1) is 7.31. The molecule has 0 atom stereocenters. The molecule has 0 heterocycles. The summed E-state index contributed by atoms with van der Waals surface area (Å²) >= 11 is 0. The molecule has 0 aliphatic carbocycles. The molecule has 0 aliphatic rings. The van der Waals surface area contributed by atoms with Crippen molar-refractivity contribution in [1.82, 2.24) is 0 Å². The Balaban J connectivity index is 2.72. The molecule has 0 spiro atoms. The van der Waals surface area contributed by atoms with Crippen LogP contribution in [0.5, 0.6) is 5.75 Å². The predicted molar refractivity (Wildman–Crippen MR) is 69.9 cm³/mol. The molecule has 0 radical (unpaired) electrons. The Morgan fingerprint density at radius 2 is 1.53 bits per heavy atom. The normalized spacial score (nSPS) is 10.7. The summed E-state index contributed by atoms with van der Waals surface area (Å²) in [5, 5.41) is 1.52. The van der Waals surface area contributed by atoms with Crippen molar-refractivity contribution in [3.63, 3.8) is 0 Å². The fraction of sp³-hybridized carbons (Fsp3) is 0.538. The van der Waals surface area contributed by atoms with Gasteiger partial charge in [-0.3, -0.25) is 0 Å². The van der Waals surface area contributed by atoms with Gasteiger partial charge in [0.15, 0.2) is 0 Å². The molecule has 0 amide bonds. The van der Waals surface area contributed by atoms with Crippen molar-refractivity contribution in [3.8, 4) is 5.75 Å². The molecule has 0 fully saturated rings. The minimum absolute atomic E-state index is 0.0711. The van der Waals surface area contributed by atoms with Gasteiger partial charge in [0.05, 0.1) is 7.11 Å². The Morgan fingerprint density at radius 3 is 1.93 bits per heavy atom. The van der Waals surface area contributed by atoms with Crippen LogP contribution in [0, 0.1) is 0 Å². The highest BCUT2D eigenvalue weighted by atomic mass is 31.1. The maximum atomic E-state index is 5.18. The smallest absolute Gasteiger partial charge is 0.118 e. The number of benzene rings is 1. The molecule has 0 saturated heterocycles. The fourth-order valence-corrected chi connectivity index (χ4v) is 4.09. The number of methoxy groups -OCH3 is 1. The minimum Gasteiger partial charge on any atom is -0.497 e. The summed E-state index contributed by atoms with van der Waals surface area (Å²) in [6.07, 6.45) is 5.29. The van der Waals surface area contributed by atoms with Gasteiger partial charge in [-0.15, -0.1) is 0 Å². The van der Waals surface area contributed by atoms with Gasteiger partial charge in [0.1, 0.15) is 5.75 Å². The van der Waals surface area contributed by atoms with Crippen molar-refractivity contribution in [2.24, 2.45) is 0 Å². The van der Waals surface area contributed by atoms with E-state index < -0.39 is 0 Å². The van der Waals surface area contributed by atoms with E-state index in [0.717, 1.165) is 5.75 Å². The molecular weight excluding hydrogens is 203 g/mol. The van der Waals surface area contributed by atoms with E-state index >= 15 is 0 Å².